The second kappa shape index (κ2) is 6.76. The molecule has 0 radical (unpaired) electrons. The van der Waals surface area contributed by atoms with E-state index in [9.17, 15) is 4.39 Å². The van der Waals surface area contributed by atoms with Gasteiger partial charge in [0.05, 0.1) is 24.4 Å². The number of anilines is 1. The van der Waals surface area contributed by atoms with Crippen molar-refractivity contribution < 1.29 is 9.13 Å². The fourth-order valence-corrected chi connectivity index (χ4v) is 2.18. The fourth-order valence-electron chi connectivity index (χ4n) is 2.18. The van der Waals surface area contributed by atoms with Crippen LogP contribution in [-0.2, 0) is 0 Å². The monoisotopic (exact) mass is 284 g/mol. The maximum Gasteiger partial charge on any atom is 0.124 e. The molecule has 0 aliphatic heterocycles. The number of hydrogen-bond donors (Lipinski definition) is 1. The summed E-state index contributed by atoms with van der Waals surface area (Å²) < 4.78 is 18.3. The molecule has 3 nitrogen and oxygen atoms in total. The molecule has 0 fully saturated rings. The third-order valence-corrected chi connectivity index (χ3v) is 3.36. The second-order valence-electron chi connectivity index (χ2n) is 4.68. The van der Waals surface area contributed by atoms with Crippen LogP contribution in [0, 0.1) is 17.1 Å². The Hall–Kier alpha value is -2.54. The zero-order valence-corrected chi connectivity index (χ0v) is 12.1. The average molecular weight is 284 g/mol. The second-order valence-corrected chi connectivity index (χ2v) is 4.68. The summed E-state index contributed by atoms with van der Waals surface area (Å²) in [4.78, 5) is 0. The Morgan fingerprint density at radius 3 is 2.52 bits per heavy atom. The highest BCUT2D eigenvalue weighted by molar-refractivity contribution is 5.58. The standard InChI is InChI=1S/C17H17FN2O/c1-3-16(12-4-7-15(21-2)8-5-12)20-17-9-6-14(18)10-13(17)11-19/h4-10,16,20H,3H2,1-2H3. The number of nitriles is 1. The number of halogens is 1. The van der Waals surface area contributed by atoms with Crippen LogP contribution in [0.5, 0.6) is 5.75 Å². The third kappa shape index (κ3) is 3.51. The molecule has 1 unspecified atom stereocenters. The lowest BCUT2D eigenvalue weighted by Crippen LogP contribution is -2.10. The van der Waals surface area contributed by atoms with E-state index in [1.807, 2.05) is 30.3 Å². The van der Waals surface area contributed by atoms with Gasteiger partial charge < -0.3 is 10.1 Å². The van der Waals surface area contributed by atoms with Crippen molar-refractivity contribution in [1.82, 2.24) is 0 Å². The number of nitrogens with one attached hydrogen (secondary N) is 1. The van der Waals surface area contributed by atoms with Gasteiger partial charge in [-0.3, -0.25) is 0 Å². The topological polar surface area (TPSA) is 45.0 Å². The highest BCUT2D eigenvalue weighted by atomic mass is 19.1. The number of nitrogens with zero attached hydrogens (tertiary/aromatic N) is 1. The van der Waals surface area contributed by atoms with Crippen molar-refractivity contribution in [3.63, 3.8) is 0 Å². The molecule has 0 aliphatic carbocycles. The first kappa shape index (κ1) is 14.9. The summed E-state index contributed by atoms with van der Waals surface area (Å²) >= 11 is 0. The molecule has 0 aromatic heterocycles. The first-order valence-electron chi connectivity index (χ1n) is 6.78. The molecule has 0 saturated carbocycles. The van der Waals surface area contributed by atoms with Crippen LogP contribution in [0.4, 0.5) is 10.1 Å². The Morgan fingerprint density at radius 1 is 1.24 bits per heavy atom. The van der Waals surface area contributed by atoms with Crippen LogP contribution in [0.1, 0.15) is 30.5 Å². The number of hydrogen-bond acceptors (Lipinski definition) is 3. The molecule has 0 aliphatic rings. The molecule has 21 heavy (non-hydrogen) atoms. The van der Waals surface area contributed by atoms with E-state index >= 15 is 0 Å². The van der Waals surface area contributed by atoms with E-state index in [1.165, 1.54) is 12.1 Å². The van der Waals surface area contributed by atoms with Gasteiger partial charge >= 0.3 is 0 Å². The van der Waals surface area contributed by atoms with Crippen LogP contribution < -0.4 is 10.1 Å². The minimum atomic E-state index is -0.408. The van der Waals surface area contributed by atoms with Gasteiger partial charge in [0, 0.05) is 0 Å². The molecule has 1 atom stereocenters. The SMILES string of the molecule is CCC(Nc1ccc(F)cc1C#N)c1ccc(OC)cc1. The van der Waals surface area contributed by atoms with E-state index in [2.05, 4.69) is 12.2 Å². The molecule has 1 N–H and O–H groups in total. The lowest BCUT2D eigenvalue weighted by atomic mass is 10.0. The summed E-state index contributed by atoms with van der Waals surface area (Å²) in [7, 11) is 1.63. The summed E-state index contributed by atoms with van der Waals surface area (Å²) in [6.45, 7) is 2.05. The van der Waals surface area contributed by atoms with Gasteiger partial charge in [0.15, 0.2) is 0 Å². The quantitative estimate of drug-likeness (QED) is 0.891. The Morgan fingerprint density at radius 2 is 1.95 bits per heavy atom. The van der Waals surface area contributed by atoms with Gasteiger partial charge in [-0.15, -0.1) is 0 Å². The summed E-state index contributed by atoms with van der Waals surface area (Å²) in [6.07, 6.45) is 0.842. The van der Waals surface area contributed by atoms with E-state index in [-0.39, 0.29) is 6.04 Å². The largest absolute Gasteiger partial charge is 0.497 e. The molecule has 108 valence electrons. The summed E-state index contributed by atoms with van der Waals surface area (Å²) in [5, 5.41) is 12.4. The molecular formula is C17H17FN2O. The van der Waals surface area contributed by atoms with Gasteiger partial charge in [0.1, 0.15) is 17.6 Å². The Labute approximate surface area is 124 Å². The molecule has 4 heteroatoms. The van der Waals surface area contributed by atoms with Gasteiger partial charge in [-0.2, -0.15) is 5.26 Å². The van der Waals surface area contributed by atoms with Gasteiger partial charge in [-0.25, -0.2) is 4.39 Å². The van der Waals surface area contributed by atoms with Crippen molar-refractivity contribution in [3.8, 4) is 11.8 Å². The highest BCUT2D eigenvalue weighted by Crippen LogP contribution is 2.26. The van der Waals surface area contributed by atoms with Crippen LogP contribution in [-0.4, -0.2) is 7.11 Å². The molecule has 0 amide bonds. The van der Waals surface area contributed by atoms with Crippen LogP contribution in [0.2, 0.25) is 0 Å². The molecule has 0 bridgehead atoms. The first-order chi connectivity index (χ1) is 10.2. The van der Waals surface area contributed by atoms with Gasteiger partial charge in [-0.1, -0.05) is 19.1 Å². The van der Waals surface area contributed by atoms with Crippen molar-refractivity contribution in [1.29, 1.82) is 5.26 Å². The average Bonchev–Trinajstić information content (AvgIpc) is 2.53. The van der Waals surface area contributed by atoms with Crippen molar-refractivity contribution in [2.45, 2.75) is 19.4 Å². The number of ether oxygens (including phenoxy) is 1. The van der Waals surface area contributed by atoms with E-state index in [0.717, 1.165) is 17.7 Å². The zero-order valence-electron chi connectivity index (χ0n) is 12.1. The van der Waals surface area contributed by atoms with Crippen LogP contribution in [0.15, 0.2) is 42.5 Å². The lowest BCUT2D eigenvalue weighted by molar-refractivity contribution is 0.414. The van der Waals surface area contributed by atoms with Crippen LogP contribution >= 0.6 is 0 Å². The van der Waals surface area contributed by atoms with Crippen molar-refractivity contribution >= 4 is 5.69 Å². The van der Waals surface area contributed by atoms with E-state index in [0.29, 0.717) is 11.3 Å². The predicted octanol–water partition coefficient (Wildman–Crippen LogP) is 4.27. The van der Waals surface area contributed by atoms with Gasteiger partial charge in [-0.05, 0) is 42.3 Å². The molecular weight excluding hydrogens is 267 g/mol. The van der Waals surface area contributed by atoms with Crippen molar-refractivity contribution in [3.05, 3.63) is 59.4 Å². The smallest absolute Gasteiger partial charge is 0.124 e. The molecule has 2 rings (SSSR count). The number of rotatable bonds is 5. The lowest BCUT2D eigenvalue weighted by Gasteiger charge is -2.20. The molecule has 0 heterocycles. The van der Waals surface area contributed by atoms with Crippen LogP contribution in [0.3, 0.4) is 0 Å². The molecule has 0 spiro atoms. The maximum atomic E-state index is 13.2. The van der Waals surface area contributed by atoms with Crippen molar-refractivity contribution in [2.75, 3.05) is 12.4 Å². The zero-order chi connectivity index (χ0) is 15.2. The minimum absolute atomic E-state index is 0.0495. The fraction of sp³-hybridized carbons (Fsp3) is 0.235. The van der Waals surface area contributed by atoms with Crippen LogP contribution in [0.25, 0.3) is 0 Å². The van der Waals surface area contributed by atoms with Gasteiger partial charge in [0.2, 0.25) is 0 Å². The maximum absolute atomic E-state index is 13.2. The summed E-state index contributed by atoms with van der Waals surface area (Å²) in [5.74, 6) is 0.391. The summed E-state index contributed by atoms with van der Waals surface area (Å²) in [6, 6.07) is 14.0. The van der Waals surface area contributed by atoms with Crippen molar-refractivity contribution in [2.24, 2.45) is 0 Å². The predicted molar refractivity (Wildman–Crippen MR) is 80.8 cm³/mol. The first-order valence-corrected chi connectivity index (χ1v) is 6.78. The summed E-state index contributed by atoms with van der Waals surface area (Å²) in [5.41, 5.74) is 2.04. The Bertz CT molecular complexity index is 647. The van der Waals surface area contributed by atoms with E-state index in [4.69, 9.17) is 10.00 Å². The Kier molecular flexibility index (Phi) is 4.78. The van der Waals surface area contributed by atoms with E-state index in [1.54, 1.807) is 13.2 Å². The number of methoxy groups -OCH3 is 1. The van der Waals surface area contributed by atoms with E-state index < -0.39 is 5.82 Å². The highest BCUT2D eigenvalue weighted by Gasteiger charge is 2.12. The minimum Gasteiger partial charge on any atom is -0.497 e. The van der Waals surface area contributed by atoms with Gasteiger partial charge in [0.25, 0.3) is 0 Å². The Balaban J connectivity index is 2.24. The third-order valence-electron chi connectivity index (χ3n) is 3.36. The number of benzene rings is 2. The molecule has 2 aromatic rings. The molecule has 0 saturated heterocycles. The normalized spacial score (nSPS) is 11.5. The molecule has 2 aromatic carbocycles.